The molecule has 35 heavy (non-hydrogen) atoms. The van der Waals surface area contributed by atoms with Crippen molar-refractivity contribution >= 4 is 18.0 Å². The van der Waals surface area contributed by atoms with Crippen LogP contribution in [0.2, 0.25) is 0 Å². The van der Waals surface area contributed by atoms with Gasteiger partial charge in [0.2, 0.25) is 5.91 Å². The first-order chi connectivity index (χ1) is 16.8. The van der Waals surface area contributed by atoms with Crippen LogP contribution in [0.5, 0.6) is 0 Å². The molecule has 1 atom stereocenters. The van der Waals surface area contributed by atoms with Crippen LogP contribution >= 0.6 is 0 Å². The molecular formula is C28H34N2O5. The number of hydrogen-bond donors (Lipinski definition) is 3. The van der Waals surface area contributed by atoms with Crippen LogP contribution in [0.25, 0.3) is 11.1 Å². The van der Waals surface area contributed by atoms with Crippen molar-refractivity contribution in [2.75, 3.05) is 13.2 Å². The topological polar surface area (TPSA) is 105 Å². The van der Waals surface area contributed by atoms with Gasteiger partial charge in [-0.05, 0) is 52.8 Å². The van der Waals surface area contributed by atoms with Crippen molar-refractivity contribution in [2.45, 2.75) is 57.9 Å². The molecule has 0 bridgehead atoms. The summed E-state index contributed by atoms with van der Waals surface area (Å²) in [6.07, 6.45) is 2.57. The van der Waals surface area contributed by atoms with Crippen molar-refractivity contribution in [1.82, 2.24) is 10.6 Å². The summed E-state index contributed by atoms with van der Waals surface area (Å²) >= 11 is 0. The zero-order valence-corrected chi connectivity index (χ0v) is 20.4. The van der Waals surface area contributed by atoms with Crippen LogP contribution in [0.15, 0.2) is 48.5 Å². The standard InChI is InChI=1S/C28H34N2O5/c1-28(2,18-8-7-9-18)17-29-26(33)24(14-15-25(31)32)30-27(34)35-16-23-21-12-5-3-10-19(21)20-11-4-6-13-22(20)23/h3-6,10-13,18,23-24H,7-9,14-17H2,1-2H3,(H,29,33)(H,30,34)(H,31,32). The summed E-state index contributed by atoms with van der Waals surface area (Å²) in [6.45, 7) is 4.86. The lowest BCUT2D eigenvalue weighted by atomic mass is 9.67. The van der Waals surface area contributed by atoms with Gasteiger partial charge in [-0.25, -0.2) is 4.79 Å². The molecule has 7 nitrogen and oxygen atoms in total. The Bertz CT molecular complexity index is 1050. The lowest BCUT2D eigenvalue weighted by molar-refractivity contribution is -0.137. The molecule has 1 unspecified atom stereocenters. The van der Waals surface area contributed by atoms with E-state index in [9.17, 15) is 14.4 Å². The zero-order chi connectivity index (χ0) is 25.0. The molecule has 2 amide bonds. The van der Waals surface area contributed by atoms with E-state index in [0.717, 1.165) is 35.1 Å². The average Bonchev–Trinajstić information content (AvgIpc) is 3.11. The summed E-state index contributed by atoms with van der Waals surface area (Å²) in [5.74, 6) is -0.933. The molecule has 1 saturated carbocycles. The van der Waals surface area contributed by atoms with Crippen molar-refractivity contribution in [1.29, 1.82) is 0 Å². The van der Waals surface area contributed by atoms with E-state index >= 15 is 0 Å². The highest BCUT2D eigenvalue weighted by Gasteiger charge is 2.35. The maximum atomic E-state index is 12.9. The van der Waals surface area contributed by atoms with E-state index in [2.05, 4.69) is 36.6 Å². The molecule has 3 N–H and O–H groups in total. The van der Waals surface area contributed by atoms with Gasteiger partial charge in [0.1, 0.15) is 12.6 Å². The second-order valence-corrected chi connectivity index (χ2v) is 10.3. The molecule has 4 rings (SSSR count). The van der Waals surface area contributed by atoms with Gasteiger partial charge >= 0.3 is 12.1 Å². The third-order valence-corrected chi connectivity index (χ3v) is 7.53. The molecule has 0 aromatic heterocycles. The van der Waals surface area contributed by atoms with Gasteiger partial charge in [0, 0.05) is 18.9 Å². The summed E-state index contributed by atoms with van der Waals surface area (Å²) in [5.41, 5.74) is 4.41. The number of aliphatic carboxylic acids is 1. The third-order valence-electron chi connectivity index (χ3n) is 7.53. The van der Waals surface area contributed by atoms with Gasteiger partial charge in [-0.15, -0.1) is 0 Å². The van der Waals surface area contributed by atoms with E-state index < -0.39 is 18.1 Å². The Balaban J connectivity index is 1.37. The molecule has 2 aliphatic carbocycles. The predicted molar refractivity (Wildman–Crippen MR) is 133 cm³/mol. The maximum Gasteiger partial charge on any atom is 0.407 e. The molecule has 0 radical (unpaired) electrons. The highest BCUT2D eigenvalue weighted by atomic mass is 16.5. The van der Waals surface area contributed by atoms with Crippen LogP contribution < -0.4 is 10.6 Å². The molecule has 0 spiro atoms. The smallest absolute Gasteiger partial charge is 0.407 e. The first kappa shape index (κ1) is 24.8. The van der Waals surface area contributed by atoms with Crippen molar-refractivity contribution in [2.24, 2.45) is 11.3 Å². The van der Waals surface area contributed by atoms with Crippen LogP contribution in [0.4, 0.5) is 4.79 Å². The van der Waals surface area contributed by atoms with Crippen LogP contribution in [-0.2, 0) is 14.3 Å². The minimum atomic E-state index is -1.02. The predicted octanol–water partition coefficient (Wildman–Crippen LogP) is 4.70. The number of rotatable bonds is 10. The number of carboxylic acids is 1. The first-order valence-electron chi connectivity index (χ1n) is 12.4. The van der Waals surface area contributed by atoms with Gasteiger partial charge in [-0.3, -0.25) is 9.59 Å². The number of amides is 2. The molecule has 1 fully saturated rings. The van der Waals surface area contributed by atoms with Crippen molar-refractivity contribution in [3.63, 3.8) is 0 Å². The van der Waals surface area contributed by atoms with E-state index in [-0.39, 0.29) is 36.7 Å². The Kier molecular flexibility index (Phi) is 7.43. The second kappa shape index (κ2) is 10.5. The van der Waals surface area contributed by atoms with Gasteiger partial charge in [0.25, 0.3) is 0 Å². The minimum absolute atomic E-state index is 0.00474. The monoisotopic (exact) mass is 478 g/mol. The summed E-state index contributed by atoms with van der Waals surface area (Å²) in [7, 11) is 0. The van der Waals surface area contributed by atoms with Gasteiger partial charge < -0.3 is 20.5 Å². The van der Waals surface area contributed by atoms with Crippen LogP contribution in [0, 0.1) is 11.3 Å². The Morgan fingerprint density at radius 1 is 1.03 bits per heavy atom. The quantitative estimate of drug-likeness (QED) is 0.459. The Morgan fingerprint density at radius 2 is 1.63 bits per heavy atom. The van der Waals surface area contributed by atoms with Crippen LogP contribution in [0.1, 0.15) is 63.0 Å². The largest absolute Gasteiger partial charge is 0.481 e. The number of nitrogens with one attached hydrogen (secondary N) is 2. The van der Waals surface area contributed by atoms with Gasteiger partial charge in [-0.1, -0.05) is 68.8 Å². The normalized spacial score (nSPS) is 15.9. The molecule has 0 saturated heterocycles. The molecule has 7 heteroatoms. The number of carbonyl (C=O) groups is 3. The number of alkyl carbamates (subject to hydrolysis) is 1. The fourth-order valence-corrected chi connectivity index (χ4v) is 5.09. The number of fused-ring (bicyclic) bond motifs is 3. The SMILES string of the molecule is CC(C)(CNC(=O)C(CCC(=O)O)NC(=O)OCC1c2ccccc2-c2ccccc21)C1CCC1. The van der Waals surface area contributed by atoms with Crippen LogP contribution in [0.3, 0.4) is 0 Å². The van der Waals surface area contributed by atoms with Crippen molar-refractivity contribution in [3.8, 4) is 11.1 Å². The maximum absolute atomic E-state index is 12.9. The van der Waals surface area contributed by atoms with Gasteiger partial charge in [-0.2, -0.15) is 0 Å². The Labute approximate surface area is 206 Å². The summed E-state index contributed by atoms with van der Waals surface area (Å²) in [4.78, 5) is 36.7. The van der Waals surface area contributed by atoms with Gasteiger partial charge in [0.05, 0.1) is 0 Å². The van der Waals surface area contributed by atoms with E-state index in [4.69, 9.17) is 9.84 Å². The highest BCUT2D eigenvalue weighted by Crippen LogP contribution is 2.44. The lowest BCUT2D eigenvalue weighted by Gasteiger charge is -2.40. The van der Waals surface area contributed by atoms with E-state index in [1.807, 2.05) is 36.4 Å². The van der Waals surface area contributed by atoms with E-state index in [1.165, 1.54) is 6.42 Å². The average molecular weight is 479 g/mol. The zero-order valence-electron chi connectivity index (χ0n) is 20.4. The van der Waals surface area contributed by atoms with Crippen LogP contribution in [-0.4, -0.2) is 42.3 Å². The summed E-state index contributed by atoms with van der Waals surface area (Å²) < 4.78 is 5.56. The summed E-state index contributed by atoms with van der Waals surface area (Å²) in [5, 5.41) is 14.6. The molecule has 186 valence electrons. The van der Waals surface area contributed by atoms with E-state index in [1.54, 1.807) is 0 Å². The fraction of sp³-hybridized carbons (Fsp3) is 0.464. The number of ether oxygens (including phenoxy) is 1. The molecule has 0 aliphatic heterocycles. The highest BCUT2D eigenvalue weighted by molar-refractivity contribution is 5.86. The molecule has 0 heterocycles. The molecule has 2 aliphatic rings. The first-order valence-corrected chi connectivity index (χ1v) is 12.4. The Morgan fingerprint density at radius 3 is 2.17 bits per heavy atom. The molecular weight excluding hydrogens is 444 g/mol. The number of carbonyl (C=O) groups excluding carboxylic acids is 2. The molecule has 2 aromatic carbocycles. The second-order valence-electron chi connectivity index (χ2n) is 10.3. The summed E-state index contributed by atoms with van der Waals surface area (Å²) in [6, 6.07) is 15.1. The third kappa shape index (κ3) is 5.66. The van der Waals surface area contributed by atoms with Crippen molar-refractivity contribution in [3.05, 3.63) is 59.7 Å². The number of benzene rings is 2. The van der Waals surface area contributed by atoms with E-state index in [0.29, 0.717) is 12.5 Å². The van der Waals surface area contributed by atoms with Gasteiger partial charge in [0.15, 0.2) is 0 Å². The lowest BCUT2D eigenvalue weighted by Crippen LogP contribution is -2.50. The number of carboxylic acid groups (broad SMARTS) is 1. The molecule has 2 aromatic rings. The van der Waals surface area contributed by atoms with Crippen molar-refractivity contribution < 1.29 is 24.2 Å². The fourth-order valence-electron chi connectivity index (χ4n) is 5.09. The minimum Gasteiger partial charge on any atom is -0.481 e. The Hall–Kier alpha value is -3.35. The number of hydrogen-bond acceptors (Lipinski definition) is 4.